The maximum atomic E-state index is 11.9. The monoisotopic (exact) mass is 355 g/mol. The van der Waals surface area contributed by atoms with Crippen molar-refractivity contribution in [2.24, 2.45) is 0 Å². The fraction of sp³-hybridized carbons (Fsp3) is 0.381. The Morgan fingerprint density at radius 2 is 1.80 bits per heavy atom. The minimum Gasteiger partial charge on any atom is -0.450 e. The Hall–Kier alpha value is -1.94. The molecule has 3 rings (SSSR count). The Morgan fingerprint density at radius 3 is 2.48 bits per heavy atom. The molecular formula is C21H25NO2S. The van der Waals surface area contributed by atoms with E-state index >= 15 is 0 Å². The van der Waals surface area contributed by atoms with Gasteiger partial charge in [-0.1, -0.05) is 47.7 Å². The number of hydrogen-bond acceptors (Lipinski definition) is 3. The molecular weight excluding hydrogens is 330 g/mol. The van der Waals surface area contributed by atoms with Crippen LogP contribution in [0.2, 0.25) is 0 Å². The molecule has 1 aliphatic heterocycles. The molecule has 0 radical (unpaired) electrons. The highest BCUT2D eigenvalue weighted by atomic mass is 32.2. The Balaban J connectivity index is 1.69. The summed E-state index contributed by atoms with van der Waals surface area (Å²) in [7, 11) is 0. The van der Waals surface area contributed by atoms with Crippen LogP contribution in [0.25, 0.3) is 0 Å². The van der Waals surface area contributed by atoms with Gasteiger partial charge in [-0.2, -0.15) is 0 Å². The van der Waals surface area contributed by atoms with Gasteiger partial charge >= 0.3 is 6.09 Å². The summed E-state index contributed by atoms with van der Waals surface area (Å²) in [6.07, 6.45) is 1.80. The summed E-state index contributed by atoms with van der Waals surface area (Å²) >= 11 is 1.83. The van der Waals surface area contributed by atoms with Gasteiger partial charge in [0.15, 0.2) is 0 Å². The first kappa shape index (κ1) is 17.9. The molecule has 3 nitrogen and oxygen atoms in total. The molecule has 4 heteroatoms. The molecule has 0 atom stereocenters. The molecule has 0 aliphatic carbocycles. The third kappa shape index (κ3) is 4.57. The van der Waals surface area contributed by atoms with Gasteiger partial charge in [-0.05, 0) is 56.4 Å². The number of carbonyl (C=O) groups excluding carboxylic acids is 1. The molecule has 2 aromatic carbocycles. The van der Waals surface area contributed by atoms with Crippen molar-refractivity contribution >= 4 is 17.9 Å². The molecule has 2 aromatic rings. The summed E-state index contributed by atoms with van der Waals surface area (Å²) in [6, 6.07) is 17.3. The third-order valence-corrected chi connectivity index (χ3v) is 5.73. The lowest BCUT2D eigenvalue weighted by atomic mass is 9.89. The molecule has 0 spiro atoms. The fourth-order valence-corrected chi connectivity index (χ4v) is 4.26. The number of aryl methyl sites for hydroxylation is 1. The summed E-state index contributed by atoms with van der Waals surface area (Å²) < 4.78 is 5.12. The molecule has 1 saturated heterocycles. The predicted molar refractivity (Wildman–Crippen MR) is 102 cm³/mol. The van der Waals surface area contributed by atoms with Crippen molar-refractivity contribution in [3.05, 3.63) is 59.7 Å². The summed E-state index contributed by atoms with van der Waals surface area (Å²) in [5.41, 5.74) is 2.68. The number of ether oxygens (including phenoxy) is 1. The second-order valence-electron chi connectivity index (χ2n) is 6.41. The third-order valence-electron chi connectivity index (χ3n) is 4.63. The lowest BCUT2D eigenvalue weighted by Gasteiger charge is -2.32. The van der Waals surface area contributed by atoms with Gasteiger partial charge in [0, 0.05) is 22.9 Å². The number of rotatable bonds is 4. The first-order valence-electron chi connectivity index (χ1n) is 8.92. The highest BCUT2D eigenvalue weighted by molar-refractivity contribution is 7.99. The smallest absolute Gasteiger partial charge is 0.409 e. The van der Waals surface area contributed by atoms with E-state index < -0.39 is 0 Å². The van der Waals surface area contributed by atoms with Gasteiger partial charge < -0.3 is 9.64 Å². The minimum atomic E-state index is -0.178. The molecule has 1 amide bonds. The quantitative estimate of drug-likeness (QED) is 0.727. The number of benzene rings is 2. The second kappa shape index (κ2) is 8.43. The van der Waals surface area contributed by atoms with Gasteiger partial charge in [-0.25, -0.2) is 4.79 Å². The average molecular weight is 356 g/mol. The van der Waals surface area contributed by atoms with Crippen molar-refractivity contribution < 1.29 is 9.53 Å². The summed E-state index contributed by atoms with van der Waals surface area (Å²) in [6.45, 7) is 5.94. The highest BCUT2D eigenvalue weighted by Crippen LogP contribution is 2.38. The number of nitrogens with zero attached hydrogens (tertiary/aromatic N) is 1. The number of likely N-dealkylation sites (tertiary alicyclic amines) is 1. The van der Waals surface area contributed by atoms with Crippen LogP contribution in [-0.2, 0) is 4.74 Å². The molecule has 0 unspecified atom stereocenters. The van der Waals surface area contributed by atoms with E-state index in [0.29, 0.717) is 12.5 Å². The summed E-state index contributed by atoms with van der Waals surface area (Å²) in [5, 5.41) is 0. The van der Waals surface area contributed by atoms with Gasteiger partial charge in [-0.3, -0.25) is 0 Å². The van der Waals surface area contributed by atoms with Crippen molar-refractivity contribution in [3.8, 4) is 0 Å². The Kier molecular flexibility index (Phi) is 6.03. The van der Waals surface area contributed by atoms with Crippen LogP contribution in [0, 0.1) is 6.92 Å². The minimum absolute atomic E-state index is 0.178. The van der Waals surface area contributed by atoms with E-state index in [0.717, 1.165) is 25.9 Å². The first-order chi connectivity index (χ1) is 12.2. The number of amides is 1. The zero-order valence-corrected chi connectivity index (χ0v) is 15.7. The van der Waals surface area contributed by atoms with Crippen molar-refractivity contribution in [2.75, 3.05) is 19.7 Å². The zero-order valence-electron chi connectivity index (χ0n) is 14.9. The van der Waals surface area contributed by atoms with Gasteiger partial charge in [0.1, 0.15) is 0 Å². The Bertz CT molecular complexity index is 706. The zero-order chi connectivity index (χ0) is 17.6. The van der Waals surface area contributed by atoms with Gasteiger partial charge in [0.25, 0.3) is 0 Å². The van der Waals surface area contributed by atoms with Gasteiger partial charge in [0.2, 0.25) is 0 Å². The summed E-state index contributed by atoms with van der Waals surface area (Å²) in [4.78, 5) is 16.3. The molecule has 0 bridgehead atoms. The standard InChI is InChI=1S/C21H25NO2S/c1-3-24-21(23)22-14-12-17(13-15-22)19-6-4-5-7-20(19)25-18-10-8-16(2)9-11-18/h4-11,17H,3,12-15H2,1-2H3. The van der Waals surface area contributed by atoms with Crippen molar-refractivity contribution in [3.63, 3.8) is 0 Å². The SMILES string of the molecule is CCOC(=O)N1CCC(c2ccccc2Sc2ccc(C)cc2)CC1. The average Bonchev–Trinajstić information content (AvgIpc) is 2.64. The molecule has 1 aliphatic rings. The maximum Gasteiger partial charge on any atom is 0.409 e. The molecule has 25 heavy (non-hydrogen) atoms. The van der Waals surface area contributed by atoms with Crippen LogP contribution in [-0.4, -0.2) is 30.7 Å². The normalized spacial score (nSPS) is 15.2. The molecule has 1 heterocycles. The number of hydrogen-bond donors (Lipinski definition) is 0. The van der Waals surface area contributed by atoms with E-state index in [4.69, 9.17) is 4.74 Å². The van der Waals surface area contributed by atoms with Crippen molar-refractivity contribution in [2.45, 2.75) is 42.4 Å². The predicted octanol–water partition coefficient (Wildman–Crippen LogP) is 5.48. The largest absolute Gasteiger partial charge is 0.450 e. The van der Waals surface area contributed by atoms with Crippen LogP contribution in [0.5, 0.6) is 0 Å². The van der Waals surface area contributed by atoms with E-state index in [2.05, 4.69) is 55.5 Å². The van der Waals surface area contributed by atoms with Crippen LogP contribution >= 0.6 is 11.8 Å². The van der Waals surface area contributed by atoms with E-state index in [-0.39, 0.29) is 6.09 Å². The number of piperidine rings is 1. The van der Waals surface area contributed by atoms with E-state index in [1.807, 2.05) is 23.6 Å². The summed E-state index contributed by atoms with van der Waals surface area (Å²) in [5.74, 6) is 0.500. The van der Waals surface area contributed by atoms with E-state index in [9.17, 15) is 4.79 Å². The van der Waals surface area contributed by atoms with Crippen LogP contribution < -0.4 is 0 Å². The van der Waals surface area contributed by atoms with Crippen LogP contribution in [0.15, 0.2) is 58.3 Å². The topological polar surface area (TPSA) is 29.5 Å². The Labute approximate surface area is 154 Å². The van der Waals surface area contributed by atoms with Crippen LogP contribution in [0.4, 0.5) is 4.79 Å². The van der Waals surface area contributed by atoms with Crippen LogP contribution in [0.3, 0.4) is 0 Å². The second-order valence-corrected chi connectivity index (χ2v) is 7.53. The van der Waals surface area contributed by atoms with E-state index in [1.54, 1.807) is 0 Å². The first-order valence-corrected chi connectivity index (χ1v) is 9.74. The molecule has 132 valence electrons. The van der Waals surface area contributed by atoms with Gasteiger partial charge in [-0.15, -0.1) is 0 Å². The molecule has 0 N–H and O–H groups in total. The fourth-order valence-electron chi connectivity index (χ4n) is 3.23. The van der Waals surface area contributed by atoms with Crippen LogP contribution in [0.1, 0.15) is 36.8 Å². The Morgan fingerprint density at radius 1 is 1.12 bits per heavy atom. The van der Waals surface area contributed by atoms with Gasteiger partial charge in [0.05, 0.1) is 6.61 Å². The van der Waals surface area contributed by atoms with Crippen molar-refractivity contribution in [1.29, 1.82) is 0 Å². The lowest BCUT2D eigenvalue weighted by Crippen LogP contribution is -2.38. The lowest BCUT2D eigenvalue weighted by molar-refractivity contribution is 0.0969. The molecule has 0 aromatic heterocycles. The molecule has 1 fully saturated rings. The maximum absolute atomic E-state index is 11.9. The van der Waals surface area contributed by atoms with Crippen molar-refractivity contribution in [1.82, 2.24) is 4.90 Å². The number of carbonyl (C=O) groups is 1. The molecule has 0 saturated carbocycles. The van der Waals surface area contributed by atoms with E-state index in [1.165, 1.54) is 20.9 Å². The highest BCUT2D eigenvalue weighted by Gasteiger charge is 2.25.